The molecule has 0 fully saturated rings. The summed E-state index contributed by atoms with van der Waals surface area (Å²) >= 11 is 1.37. The number of nitrogens with zero attached hydrogens (tertiary/aromatic N) is 1. The molecular weight excluding hydrogens is 358 g/mol. The van der Waals surface area contributed by atoms with E-state index in [0.717, 1.165) is 6.42 Å². The Bertz CT molecular complexity index is 598. The normalized spacial score (nSPS) is 13.5. The van der Waals surface area contributed by atoms with Crippen LogP contribution >= 0.6 is 11.3 Å². The van der Waals surface area contributed by atoms with Crippen molar-refractivity contribution in [3.8, 4) is 0 Å². The van der Waals surface area contributed by atoms with E-state index >= 15 is 0 Å². The van der Waals surface area contributed by atoms with E-state index in [-0.39, 0.29) is 6.42 Å². The topological polar surface area (TPSA) is 118 Å². The Kier molecular flexibility index (Phi) is 8.50. The van der Waals surface area contributed by atoms with E-state index < -0.39 is 35.7 Å². The van der Waals surface area contributed by atoms with Crippen LogP contribution < -0.4 is 10.6 Å². The Morgan fingerprint density at radius 1 is 1.27 bits per heavy atom. The van der Waals surface area contributed by atoms with Crippen LogP contribution in [0.3, 0.4) is 0 Å². The molecule has 1 rings (SSSR count). The number of thiazole rings is 1. The fourth-order valence-electron chi connectivity index (χ4n) is 2.14. The van der Waals surface area contributed by atoms with Gasteiger partial charge in [0.1, 0.15) is 17.7 Å². The van der Waals surface area contributed by atoms with Gasteiger partial charge in [-0.15, -0.1) is 11.3 Å². The van der Waals surface area contributed by atoms with E-state index in [9.17, 15) is 19.5 Å². The molecule has 0 saturated carbocycles. The van der Waals surface area contributed by atoms with Gasteiger partial charge in [-0.25, -0.2) is 14.6 Å². The first-order chi connectivity index (χ1) is 12.1. The maximum atomic E-state index is 12.6. The fraction of sp³-hybridized carbons (Fsp3) is 0.647. The lowest BCUT2D eigenvalue weighted by atomic mass is 10.1. The van der Waals surface area contributed by atoms with Gasteiger partial charge in [0.25, 0.3) is 0 Å². The number of carbonyl (C=O) groups excluding carboxylic acids is 2. The number of carbonyl (C=O) groups is 3. The molecule has 0 radical (unpaired) electrons. The third kappa shape index (κ3) is 8.28. The van der Waals surface area contributed by atoms with E-state index in [1.54, 1.807) is 31.7 Å². The van der Waals surface area contributed by atoms with E-state index in [2.05, 4.69) is 15.6 Å². The van der Waals surface area contributed by atoms with Gasteiger partial charge in [-0.1, -0.05) is 19.8 Å². The summed E-state index contributed by atoms with van der Waals surface area (Å²) in [4.78, 5) is 40.1. The van der Waals surface area contributed by atoms with Crippen LogP contribution in [-0.2, 0) is 20.7 Å². The van der Waals surface area contributed by atoms with Crippen molar-refractivity contribution < 1.29 is 24.2 Å². The molecule has 1 heterocycles. The summed E-state index contributed by atoms with van der Waals surface area (Å²) in [6, 6.07) is -1.98. The average Bonchev–Trinajstić information content (AvgIpc) is 3.01. The molecule has 8 nitrogen and oxygen atoms in total. The first-order valence-electron chi connectivity index (χ1n) is 8.52. The fourth-order valence-corrected chi connectivity index (χ4v) is 2.72. The molecule has 0 aliphatic heterocycles. The Labute approximate surface area is 157 Å². The van der Waals surface area contributed by atoms with Crippen LogP contribution in [0.25, 0.3) is 0 Å². The van der Waals surface area contributed by atoms with Crippen molar-refractivity contribution in [3.05, 3.63) is 16.6 Å². The predicted molar refractivity (Wildman–Crippen MR) is 98.1 cm³/mol. The molecule has 0 aliphatic carbocycles. The molecule has 0 saturated heterocycles. The molecule has 2 atom stereocenters. The zero-order valence-corrected chi connectivity index (χ0v) is 16.4. The zero-order valence-electron chi connectivity index (χ0n) is 15.6. The molecule has 26 heavy (non-hydrogen) atoms. The van der Waals surface area contributed by atoms with Gasteiger partial charge in [0.2, 0.25) is 5.91 Å². The van der Waals surface area contributed by atoms with Crippen LogP contribution in [-0.4, -0.2) is 45.7 Å². The number of alkyl carbamates (subject to hydrolysis) is 1. The molecule has 9 heteroatoms. The van der Waals surface area contributed by atoms with Gasteiger partial charge >= 0.3 is 12.1 Å². The Hall–Kier alpha value is -2.16. The first kappa shape index (κ1) is 21.9. The molecule has 146 valence electrons. The van der Waals surface area contributed by atoms with Crippen LogP contribution in [0, 0.1) is 0 Å². The van der Waals surface area contributed by atoms with Crippen molar-refractivity contribution in [1.29, 1.82) is 0 Å². The molecule has 0 aromatic carbocycles. The first-order valence-corrected chi connectivity index (χ1v) is 9.46. The number of amides is 2. The second-order valence-corrected chi connectivity index (χ2v) is 7.64. The maximum absolute atomic E-state index is 12.6. The molecule has 2 amide bonds. The number of aliphatic carboxylic acids is 1. The molecule has 0 unspecified atom stereocenters. The van der Waals surface area contributed by atoms with Crippen LogP contribution in [0.2, 0.25) is 0 Å². The number of rotatable bonds is 9. The molecule has 1 aromatic heterocycles. The Morgan fingerprint density at radius 2 is 1.96 bits per heavy atom. The van der Waals surface area contributed by atoms with Crippen LogP contribution in [0.5, 0.6) is 0 Å². The molecule has 0 spiro atoms. The third-order valence-corrected chi connectivity index (χ3v) is 4.00. The molecule has 3 N–H and O–H groups in total. The number of unbranched alkanes of at least 4 members (excludes halogenated alkanes) is 1. The zero-order chi connectivity index (χ0) is 19.7. The summed E-state index contributed by atoms with van der Waals surface area (Å²) in [7, 11) is 0. The summed E-state index contributed by atoms with van der Waals surface area (Å²) in [6.07, 6.45) is 1.22. The molecule has 0 bridgehead atoms. The molecule has 1 aromatic rings. The standard InChI is InChI=1S/C17H27N3O5S/c1-5-6-7-12(15(22)23)19-14(21)13(8-11-9-26-10-18-11)20-16(24)25-17(2,3)4/h9-10,12-13H,5-8H2,1-4H3,(H,19,21)(H,20,24)(H,22,23)/t12-,13+/m0/s1. The summed E-state index contributed by atoms with van der Waals surface area (Å²) in [5.74, 6) is -1.68. The number of ether oxygens (including phenoxy) is 1. The highest BCUT2D eigenvalue weighted by molar-refractivity contribution is 7.07. The highest BCUT2D eigenvalue weighted by Gasteiger charge is 2.28. The minimum atomic E-state index is -1.10. The van der Waals surface area contributed by atoms with Gasteiger partial charge in [-0.3, -0.25) is 4.79 Å². The number of hydrogen-bond acceptors (Lipinski definition) is 6. The smallest absolute Gasteiger partial charge is 0.408 e. The highest BCUT2D eigenvalue weighted by atomic mass is 32.1. The van der Waals surface area contributed by atoms with Crippen molar-refractivity contribution in [2.24, 2.45) is 0 Å². The number of hydrogen-bond donors (Lipinski definition) is 3. The quantitative estimate of drug-likeness (QED) is 0.600. The average molecular weight is 385 g/mol. The van der Waals surface area contributed by atoms with Crippen LogP contribution in [0.1, 0.15) is 52.7 Å². The van der Waals surface area contributed by atoms with E-state index in [1.807, 2.05) is 6.92 Å². The number of aromatic nitrogens is 1. The SMILES string of the molecule is CCCC[C@H](NC(=O)[C@@H](Cc1cscn1)NC(=O)OC(C)(C)C)C(=O)O. The van der Waals surface area contributed by atoms with Gasteiger partial charge in [-0.2, -0.15) is 0 Å². The summed E-state index contributed by atoms with van der Waals surface area (Å²) in [5, 5.41) is 16.1. The van der Waals surface area contributed by atoms with Gasteiger partial charge < -0.3 is 20.5 Å². The van der Waals surface area contributed by atoms with Gasteiger partial charge in [-0.05, 0) is 27.2 Å². The highest BCUT2D eigenvalue weighted by Crippen LogP contribution is 2.10. The van der Waals surface area contributed by atoms with Crippen molar-refractivity contribution in [2.45, 2.75) is 71.1 Å². The summed E-state index contributed by atoms with van der Waals surface area (Å²) in [5.41, 5.74) is 1.54. The van der Waals surface area contributed by atoms with Gasteiger partial charge in [0.05, 0.1) is 11.2 Å². The van der Waals surface area contributed by atoms with Crippen molar-refractivity contribution in [2.75, 3.05) is 0 Å². The summed E-state index contributed by atoms with van der Waals surface area (Å²) < 4.78 is 5.19. The molecular formula is C17H27N3O5S. The summed E-state index contributed by atoms with van der Waals surface area (Å²) in [6.45, 7) is 7.09. The van der Waals surface area contributed by atoms with E-state index in [1.165, 1.54) is 11.3 Å². The molecule has 0 aliphatic rings. The van der Waals surface area contributed by atoms with Crippen molar-refractivity contribution in [3.63, 3.8) is 0 Å². The number of nitrogens with one attached hydrogen (secondary N) is 2. The second-order valence-electron chi connectivity index (χ2n) is 6.92. The van der Waals surface area contributed by atoms with Crippen molar-refractivity contribution in [1.82, 2.24) is 15.6 Å². The lowest BCUT2D eigenvalue weighted by molar-refractivity contribution is -0.142. The minimum Gasteiger partial charge on any atom is -0.480 e. The minimum absolute atomic E-state index is 0.148. The lowest BCUT2D eigenvalue weighted by Crippen LogP contribution is -2.53. The number of carboxylic acid groups (broad SMARTS) is 1. The van der Waals surface area contributed by atoms with Crippen LogP contribution in [0.4, 0.5) is 4.79 Å². The van der Waals surface area contributed by atoms with E-state index in [4.69, 9.17) is 4.74 Å². The van der Waals surface area contributed by atoms with Crippen molar-refractivity contribution >= 4 is 29.3 Å². The second kappa shape index (κ2) is 10.1. The van der Waals surface area contributed by atoms with E-state index in [0.29, 0.717) is 18.5 Å². The Morgan fingerprint density at radius 3 is 2.46 bits per heavy atom. The Balaban J connectivity index is 2.83. The third-order valence-electron chi connectivity index (χ3n) is 3.37. The van der Waals surface area contributed by atoms with Crippen LogP contribution in [0.15, 0.2) is 10.9 Å². The maximum Gasteiger partial charge on any atom is 0.408 e. The number of carboxylic acids is 1. The predicted octanol–water partition coefficient (Wildman–Crippen LogP) is 2.34. The lowest BCUT2D eigenvalue weighted by Gasteiger charge is -2.24. The monoisotopic (exact) mass is 385 g/mol. The van der Waals surface area contributed by atoms with Gasteiger partial charge in [0.15, 0.2) is 0 Å². The van der Waals surface area contributed by atoms with Gasteiger partial charge in [0, 0.05) is 11.8 Å². The largest absolute Gasteiger partial charge is 0.480 e.